The number of likely N-dealkylation sites (N-methyl/N-ethyl adjacent to an activating group) is 1. The second-order valence-corrected chi connectivity index (χ2v) is 5.49. The molecule has 0 N–H and O–H groups in total. The van der Waals surface area contributed by atoms with Crippen molar-refractivity contribution in [1.82, 2.24) is 4.90 Å². The third-order valence-electron chi connectivity index (χ3n) is 2.22. The van der Waals surface area contributed by atoms with Gasteiger partial charge in [-0.15, -0.1) is 11.3 Å². The van der Waals surface area contributed by atoms with Crippen LogP contribution < -0.4 is 0 Å². The summed E-state index contributed by atoms with van der Waals surface area (Å²) < 4.78 is 1.06. The van der Waals surface area contributed by atoms with Crippen molar-refractivity contribution in [3.8, 4) is 0 Å². The molecule has 2 nitrogen and oxygen atoms in total. The van der Waals surface area contributed by atoms with E-state index in [4.69, 9.17) is 0 Å². The second-order valence-electron chi connectivity index (χ2n) is 3.58. The molecule has 0 aromatic carbocycles. The van der Waals surface area contributed by atoms with Crippen LogP contribution in [0.2, 0.25) is 0 Å². The van der Waals surface area contributed by atoms with E-state index < -0.39 is 0 Å². The Bertz CT molecular complexity index is 324. The van der Waals surface area contributed by atoms with E-state index in [1.165, 1.54) is 0 Å². The van der Waals surface area contributed by atoms with Crippen LogP contribution in [0, 0.1) is 0 Å². The van der Waals surface area contributed by atoms with Gasteiger partial charge in [-0.2, -0.15) is 0 Å². The zero-order chi connectivity index (χ0) is 11.3. The standard InChI is InChI=1S/C11H16BrNOS/c1-3-4-5-13(2)11(14)7-10-6-9(12)8-15-10/h6,8H,3-5,7H2,1-2H3. The Kier molecular flexibility index (Phi) is 5.32. The van der Waals surface area contributed by atoms with Gasteiger partial charge in [-0.05, 0) is 28.4 Å². The molecule has 0 radical (unpaired) electrons. The fourth-order valence-electron chi connectivity index (χ4n) is 1.25. The first kappa shape index (κ1) is 12.7. The molecule has 0 saturated heterocycles. The van der Waals surface area contributed by atoms with E-state index in [2.05, 4.69) is 22.9 Å². The molecule has 0 aliphatic carbocycles. The molecule has 1 rings (SSSR count). The minimum absolute atomic E-state index is 0.206. The average Bonchev–Trinajstić information content (AvgIpc) is 2.60. The molecule has 1 aromatic rings. The first-order chi connectivity index (χ1) is 7.13. The maximum Gasteiger partial charge on any atom is 0.227 e. The van der Waals surface area contributed by atoms with E-state index in [0.29, 0.717) is 6.42 Å². The Hall–Kier alpha value is -0.350. The van der Waals surface area contributed by atoms with Crippen molar-refractivity contribution in [3.63, 3.8) is 0 Å². The van der Waals surface area contributed by atoms with Crippen LogP contribution >= 0.6 is 27.3 Å². The number of halogens is 1. The maximum absolute atomic E-state index is 11.7. The third kappa shape index (κ3) is 4.34. The van der Waals surface area contributed by atoms with Crippen LogP contribution in [0.25, 0.3) is 0 Å². The van der Waals surface area contributed by atoms with Crippen LogP contribution in [-0.4, -0.2) is 24.4 Å². The Morgan fingerprint density at radius 1 is 1.60 bits per heavy atom. The van der Waals surface area contributed by atoms with Crippen LogP contribution in [-0.2, 0) is 11.2 Å². The third-order valence-corrected chi connectivity index (χ3v) is 3.92. The second kappa shape index (κ2) is 6.28. The molecule has 0 spiro atoms. The first-order valence-electron chi connectivity index (χ1n) is 5.10. The molecule has 0 fully saturated rings. The van der Waals surface area contributed by atoms with Crippen molar-refractivity contribution in [1.29, 1.82) is 0 Å². The number of thiophene rings is 1. The van der Waals surface area contributed by atoms with Gasteiger partial charge in [0.15, 0.2) is 0 Å². The fraction of sp³-hybridized carbons (Fsp3) is 0.545. The molecule has 0 aliphatic rings. The molecule has 0 unspecified atom stereocenters. The number of carbonyl (C=O) groups is 1. The zero-order valence-corrected chi connectivity index (χ0v) is 11.5. The monoisotopic (exact) mass is 289 g/mol. The average molecular weight is 290 g/mol. The topological polar surface area (TPSA) is 20.3 Å². The van der Waals surface area contributed by atoms with E-state index in [1.54, 1.807) is 11.3 Å². The van der Waals surface area contributed by atoms with Gasteiger partial charge in [-0.25, -0.2) is 0 Å². The summed E-state index contributed by atoms with van der Waals surface area (Å²) >= 11 is 5.01. The smallest absolute Gasteiger partial charge is 0.227 e. The molecule has 1 aromatic heterocycles. The number of carbonyl (C=O) groups excluding carboxylic acids is 1. The van der Waals surface area contributed by atoms with Crippen LogP contribution in [0.4, 0.5) is 0 Å². The van der Waals surface area contributed by atoms with Gasteiger partial charge in [0.05, 0.1) is 6.42 Å². The van der Waals surface area contributed by atoms with Crippen LogP contribution in [0.5, 0.6) is 0 Å². The lowest BCUT2D eigenvalue weighted by molar-refractivity contribution is -0.129. The van der Waals surface area contributed by atoms with E-state index in [9.17, 15) is 4.79 Å². The van der Waals surface area contributed by atoms with Gasteiger partial charge in [0, 0.05) is 28.3 Å². The summed E-state index contributed by atoms with van der Waals surface area (Å²) in [5.41, 5.74) is 0. The van der Waals surface area contributed by atoms with Crippen LogP contribution in [0.1, 0.15) is 24.6 Å². The molecule has 4 heteroatoms. The van der Waals surface area contributed by atoms with Gasteiger partial charge >= 0.3 is 0 Å². The van der Waals surface area contributed by atoms with Gasteiger partial charge < -0.3 is 4.90 Å². The lowest BCUT2D eigenvalue weighted by Crippen LogP contribution is -2.28. The maximum atomic E-state index is 11.7. The molecule has 0 atom stereocenters. The summed E-state index contributed by atoms with van der Waals surface area (Å²) in [7, 11) is 1.88. The number of rotatable bonds is 5. The van der Waals surface area contributed by atoms with Crippen molar-refractivity contribution in [2.75, 3.05) is 13.6 Å². The minimum atomic E-state index is 0.206. The SMILES string of the molecule is CCCCN(C)C(=O)Cc1cc(Br)cs1. The zero-order valence-electron chi connectivity index (χ0n) is 9.12. The van der Waals surface area contributed by atoms with E-state index in [-0.39, 0.29) is 5.91 Å². The summed E-state index contributed by atoms with van der Waals surface area (Å²) in [6, 6.07) is 2.01. The Labute approximate surface area is 103 Å². The quantitative estimate of drug-likeness (QED) is 0.814. The van der Waals surface area contributed by atoms with Crippen molar-refractivity contribution >= 4 is 33.2 Å². The van der Waals surface area contributed by atoms with Crippen LogP contribution in [0.3, 0.4) is 0 Å². The largest absolute Gasteiger partial charge is 0.345 e. The summed E-state index contributed by atoms with van der Waals surface area (Å²) in [6.07, 6.45) is 2.73. The summed E-state index contributed by atoms with van der Waals surface area (Å²) in [4.78, 5) is 14.7. The predicted molar refractivity (Wildman–Crippen MR) is 68.3 cm³/mol. The van der Waals surface area contributed by atoms with E-state index in [1.807, 2.05) is 23.4 Å². The predicted octanol–water partition coefficient (Wildman–Crippen LogP) is 3.31. The summed E-state index contributed by atoms with van der Waals surface area (Å²) in [5.74, 6) is 0.206. The van der Waals surface area contributed by atoms with Crippen molar-refractivity contribution in [2.45, 2.75) is 26.2 Å². The number of unbranched alkanes of at least 4 members (excludes halogenated alkanes) is 1. The number of hydrogen-bond acceptors (Lipinski definition) is 2. The lowest BCUT2D eigenvalue weighted by Gasteiger charge is -2.15. The van der Waals surface area contributed by atoms with Gasteiger partial charge in [0.1, 0.15) is 0 Å². The Morgan fingerprint density at radius 2 is 2.33 bits per heavy atom. The normalized spacial score (nSPS) is 10.3. The van der Waals surface area contributed by atoms with Gasteiger partial charge in [0.25, 0.3) is 0 Å². The molecule has 1 amide bonds. The Balaban J connectivity index is 2.41. The highest BCUT2D eigenvalue weighted by Gasteiger charge is 2.10. The highest BCUT2D eigenvalue weighted by atomic mass is 79.9. The Morgan fingerprint density at radius 3 is 2.87 bits per heavy atom. The number of hydrogen-bond donors (Lipinski definition) is 0. The minimum Gasteiger partial charge on any atom is -0.345 e. The molecule has 0 bridgehead atoms. The lowest BCUT2D eigenvalue weighted by atomic mass is 10.3. The molecular weight excluding hydrogens is 274 g/mol. The van der Waals surface area contributed by atoms with Crippen LogP contribution in [0.15, 0.2) is 15.9 Å². The highest BCUT2D eigenvalue weighted by molar-refractivity contribution is 9.10. The van der Waals surface area contributed by atoms with Gasteiger partial charge in [0.2, 0.25) is 5.91 Å². The number of amides is 1. The first-order valence-corrected chi connectivity index (χ1v) is 6.77. The molecular formula is C11H16BrNOS. The van der Waals surface area contributed by atoms with Gasteiger partial charge in [-0.1, -0.05) is 13.3 Å². The van der Waals surface area contributed by atoms with E-state index >= 15 is 0 Å². The molecule has 84 valence electrons. The highest BCUT2D eigenvalue weighted by Crippen LogP contribution is 2.20. The molecule has 0 aliphatic heterocycles. The van der Waals surface area contributed by atoms with Crippen molar-refractivity contribution < 1.29 is 4.79 Å². The summed E-state index contributed by atoms with van der Waals surface area (Å²) in [5, 5.41) is 2.01. The van der Waals surface area contributed by atoms with E-state index in [0.717, 1.165) is 28.7 Å². The summed E-state index contributed by atoms with van der Waals surface area (Å²) in [6.45, 7) is 3.00. The number of nitrogens with zero attached hydrogens (tertiary/aromatic N) is 1. The molecule has 0 saturated carbocycles. The van der Waals surface area contributed by atoms with Gasteiger partial charge in [-0.3, -0.25) is 4.79 Å². The fourth-order valence-corrected chi connectivity index (χ4v) is 2.69. The molecule has 1 heterocycles. The van der Waals surface area contributed by atoms with Crippen molar-refractivity contribution in [3.05, 3.63) is 20.8 Å². The molecule has 15 heavy (non-hydrogen) atoms. The van der Waals surface area contributed by atoms with Crippen molar-refractivity contribution in [2.24, 2.45) is 0 Å².